The quantitative estimate of drug-likeness (QED) is 0.154. The SMILES string of the molecule is OC[C@H]1O[C@@H](O[C@H]2[C@H](O)[C@H](O)[C@@H](O)O[C@@H]2CO)[C@H](O)[C@@H](O[C@@H]2O[C@H](CO)[C@@H](O)[C@H](O)[C@H]2O)[C@H]1O. The van der Waals surface area contributed by atoms with E-state index in [1.807, 2.05) is 0 Å². The number of rotatable bonds is 7. The standard InChI is InChI=1S/C18H32O16/c19-1-4-7(22)9(24)12(27)17(31-4)34-15-8(23)5(2-20)32-18(13(15)28)33-14-6(3-21)30-16(29)11(26)10(14)25/h4-29H,1-3H2/t4-,5-,6-,7-,8+,9+,10-,11+,12-,13-,14-,15+,16+,17+,18+/m1/s1. The Labute approximate surface area is 192 Å². The summed E-state index contributed by atoms with van der Waals surface area (Å²) >= 11 is 0. The third-order valence-corrected chi connectivity index (χ3v) is 6.09. The van der Waals surface area contributed by atoms with Crippen LogP contribution in [0.15, 0.2) is 0 Å². The number of aliphatic hydroxyl groups excluding tert-OH is 11. The molecule has 0 unspecified atom stereocenters. The maximum atomic E-state index is 10.8. The first-order chi connectivity index (χ1) is 16.0. The molecule has 0 radical (unpaired) electrons. The second-order valence-electron chi connectivity index (χ2n) is 8.33. The van der Waals surface area contributed by atoms with Crippen LogP contribution in [0.5, 0.6) is 0 Å². The van der Waals surface area contributed by atoms with E-state index in [4.69, 9.17) is 23.7 Å². The third-order valence-electron chi connectivity index (χ3n) is 6.09. The minimum Gasteiger partial charge on any atom is -0.394 e. The molecule has 0 aromatic rings. The van der Waals surface area contributed by atoms with E-state index >= 15 is 0 Å². The lowest BCUT2D eigenvalue weighted by molar-refractivity contribution is -0.378. The van der Waals surface area contributed by atoms with Crippen LogP contribution in [0.4, 0.5) is 0 Å². The number of hydrogen-bond acceptors (Lipinski definition) is 16. The molecule has 15 atom stereocenters. The number of aliphatic hydroxyl groups is 11. The summed E-state index contributed by atoms with van der Waals surface area (Å²) in [6.45, 7) is -2.34. The van der Waals surface area contributed by atoms with Crippen LogP contribution in [0, 0.1) is 0 Å². The first-order valence-electron chi connectivity index (χ1n) is 10.6. The van der Waals surface area contributed by atoms with Crippen molar-refractivity contribution in [2.75, 3.05) is 19.8 Å². The highest BCUT2D eigenvalue weighted by molar-refractivity contribution is 4.96. The lowest BCUT2D eigenvalue weighted by Gasteiger charge is -2.47. The van der Waals surface area contributed by atoms with Crippen molar-refractivity contribution in [3.05, 3.63) is 0 Å². The Morgan fingerprint density at radius 3 is 1.50 bits per heavy atom. The summed E-state index contributed by atoms with van der Waals surface area (Å²) in [4.78, 5) is 0. The molecule has 11 N–H and O–H groups in total. The maximum absolute atomic E-state index is 10.8. The van der Waals surface area contributed by atoms with E-state index in [2.05, 4.69) is 0 Å². The summed E-state index contributed by atoms with van der Waals surface area (Å²) in [5.74, 6) is 0. The molecule has 16 nitrogen and oxygen atoms in total. The van der Waals surface area contributed by atoms with Crippen LogP contribution in [0.2, 0.25) is 0 Å². The van der Waals surface area contributed by atoms with E-state index in [1.54, 1.807) is 0 Å². The van der Waals surface area contributed by atoms with Crippen molar-refractivity contribution in [1.29, 1.82) is 0 Å². The largest absolute Gasteiger partial charge is 0.394 e. The molecule has 0 amide bonds. The zero-order valence-corrected chi connectivity index (χ0v) is 17.7. The minimum absolute atomic E-state index is 0.759. The van der Waals surface area contributed by atoms with Gasteiger partial charge < -0.3 is 79.9 Å². The van der Waals surface area contributed by atoms with Crippen LogP contribution in [-0.2, 0) is 23.7 Å². The van der Waals surface area contributed by atoms with Gasteiger partial charge in [-0.05, 0) is 0 Å². The Kier molecular flexibility index (Phi) is 9.54. The number of hydrogen-bond donors (Lipinski definition) is 11. The van der Waals surface area contributed by atoms with Gasteiger partial charge in [-0.25, -0.2) is 0 Å². The zero-order valence-electron chi connectivity index (χ0n) is 17.7. The van der Waals surface area contributed by atoms with Crippen molar-refractivity contribution in [2.24, 2.45) is 0 Å². The Balaban J connectivity index is 1.78. The topological polar surface area (TPSA) is 269 Å². The molecular formula is C18H32O16. The fourth-order valence-electron chi connectivity index (χ4n) is 4.05. The van der Waals surface area contributed by atoms with Crippen LogP contribution < -0.4 is 0 Å². The molecule has 0 aromatic heterocycles. The van der Waals surface area contributed by atoms with Gasteiger partial charge in [-0.1, -0.05) is 0 Å². The van der Waals surface area contributed by atoms with Gasteiger partial charge in [0.2, 0.25) is 0 Å². The summed E-state index contributed by atoms with van der Waals surface area (Å²) in [7, 11) is 0. The van der Waals surface area contributed by atoms with Crippen molar-refractivity contribution in [3.63, 3.8) is 0 Å². The highest BCUT2D eigenvalue weighted by atomic mass is 16.7. The average molecular weight is 504 g/mol. The molecule has 0 aliphatic carbocycles. The summed E-state index contributed by atoms with van der Waals surface area (Å²) in [6, 6.07) is 0. The van der Waals surface area contributed by atoms with Gasteiger partial charge in [-0.3, -0.25) is 0 Å². The molecule has 0 aromatic carbocycles. The van der Waals surface area contributed by atoms with E-state index < -0.39 is 112 Å². The van der Waals surface area contributed by atoms with Gasteiger partial charge in [0.1, 0.15) is 73.2 Å². The smallest absolute Gasteiger partial charge is 0.187 e. The van der Waals surface area contributed by atoms with E-state index in [0.717, 1.165) is 0 Å². The average Bonchev–Trinajstić information content (AvgIpc) is 2.83. The Bertz CT molecular complexity index is 637. The summed E-state index contributed by atoms with van der Waals surface area (Å²) in [5.41, 5.74) is 0. The van der Waals surface area contributed by atoms with Crippen molar-refractivity contribution in [2.45, 2.75) is 92.1 Å². The van der Waals surface area contributed by atoms with Crippen molar-refractivity contribution in [3.8, 4) is 0 Å². The molecule has 3 aliphatic heterocycles. The molecule has 3 saturated heterocycles. The van der Waals surface area contributed by atoms with Gasteiger partial charge in [-0.2, -0.15) is 0 Å². The van der Waals surface area contributed by atoms with Gasteiger partial charge in [0.25, 0.3) is 0 Å². The third kappa shape index (κ3) is 5.37. The second kappa shape index (κ2) is 11.6. The fraction of sp³-hybridized carbons (Fsp3) is 1.00. The minimum atomic E-state index is -1.90. The normalized spacial score (nSPS) is 52.5. The fourth-order valence-corrected chi connectivity index (χ4v) is 4.05. The molecule has 0 bridgehead atoms. The van der Waals surface area contributed by atoms with Gasteiger partial charge in [-0.15, -0.1) is 0 Å². The van der Waals surface area contributed by atoms with E-state index in [-0.39, 0.29) is 0 Å². The van der Waals surface area contributed by atoms with E-state index in [9.17, 15) is 56.2 Å². The van der Waals surface area contributed by atoms with E-state index in [1.165, 1.54) is 0 Å². The highest BCUT2D eigenvalue weighted by Crippen LogP contribution is 2.32. The molecule has 3 fully saturated rings. The van der Waals surface area contributed by atoms with Gasteiger partial charge in [0.15, 0.2) is 18.9 Å². The molecule has 0 spiro atoms. The van der Waals surface area contributed by atoms with Crippen molar-refractivity contribution < 1.29 is 79.9 Å². The van der Waals surface area contributed by atoms with Crippen LogP contribution >= 0.6 is 0 Å². The molecule has 3 aliphatic rings. The lowest BCUT2D eigenvalue weighted by atomic mass is 9.96. The molecule has 16 heteroatoms. The number of ether oxygens (including phenoxy) is 5. The van der Waals surface area contributed by atoms with Crippen LogP contribution in [-0.4, -0.2) is 168 Å². The molecule has 3 heterocycles. The highest BCUT2D eigenvalue weighted by Gasteiger charge is 2.53. The van der Waals surface area contributed by atoms with Gasteiger partial charge in [0.05, 0.1) is 19.8 Å². The second-order valence-corrected chi connectivity index (χ2v) is 8.33. The first-order valence-corrected chi connectivity index (χ1v) is 10.6. The zero-order chi connectivity index (χ0) is 25.3. The molecule has 200 valence electrons. The molecule has 0 saturated carbocycles. The molecule has 34 heavy (non-hydrogen) atoms. The Hall–Kier alpha value is -0.640. The van der Waals surface area contributed by atoms with Crippen LogP contribution in [0.3, 0.4) is 0 Å². The predicted octanol–water partition coefficient (Wildman–Crippen LogP) is -7.57. The van der Waals surface area contributed by atoms with Crippen molar-refractivity contribution in [1.82, 2.24) is 0 Å². The Morgan fingerprint density at radius 1 is 0.441 bits per heavy atom. The maximum Gasteiger partial charge on any atom is 0.187 e. The molecule has 3 rings (SSSR count). The van der Waals surface area contributed by atoms with Gasteiger partial charge >= 0.3 is 0 Å². The summed E-state index contributed by atoms with van der Waals surface area (Å²) in [5, 5.41) is 109. The molecular weight excluding hydrogens is 472 g/mol. The predicted molar refractivity (Wildman–Crippen MR) is 101 cm³/mol. The van der Waals surface area contributed by atoms with Crippen LogP contribution in [0.1, 0.15) is 0 Å². The lowest BCUT2D eigenvalue weighted by Crippen LogP contribution is -2.66. The Morgan fingerprint density at radius 2 is 0.941 bits per heavy atom. The van der Waals surface area contributed by atoms with Crippen LogP contribution in [0.25, 0.3) is 0 Å². The van der Waals surface area contributed by atoms with Gasteiger partial charge in [0, 0.05) is 0 Å². The monoisotopic (exact) mass is 504 g/mol. The van der Waals surface area contributed by atoms with Crippen molar-refractivity contribution >= 4 is 0 Å². The summed E-state index contributed by atoms with van der Waals surface area (Å²) in [6.07, 6.45) is -25.4. The first kappa shape index (κ1) is 27.9. The summed E-state index contributed by atoms with van der Waals surface area (Å²) < 4.78 is 26.4. The van der Waals surface area contributed by atoms with E-state index in [0.29, 0.717) is 0 Å².